The first kappa shape index (κ1) is 17.7. The van der Waals surface area contributed by atoms with Crippen LogP contribution in [0.2, 0.25) is 0 Å². The Hall–Kier alpha value is -1.35. The molecule has 0 aliphatic heterocycles. The van der Waals surface area contributed by atoms with Gasteiger partial charge in [-0.3, -0.25) is 4.99 Å². The number of hydrogen-bond acceptors (Lipinski definition) is 3. The maximum Gasteiger partial charge on any atom is 0.172 e. The molecule has 0 aromatic heterocycles. The van der Waals surface area contributed by atoms with E-state index in [1.54, 1.807) is 0 Å². The fourth-order valence-corrected chi connectivity index (χ4v) is 2.50. The van der Waals surface area contributed by atoms with E-state index >= 15 is 0 Å². The maximum absolute atomic E-state index is 5.60. The molecule has 0 radical (unpaired) electrons. The molecule has 3 heteroatoms. The van der Waals surface area contributed by atoms with E-state index in [-0.39, 0.29) is 0 Å². The van der Waals surface area contributed by atoms with E-state index in [9.17, 15) is 0 Å². The number of aliphatic imine (C=N–C) groups is 1. The minimum Gasteiger partial charge on any atom is -0.337 e. The highest BCUT2D eigenvalue weighted by atomic mass is 17.2. The van der Waals surface area contributed by atoms with Crippen LogP contribution in [0.3, 0.4) is 0 Å². The molecule has 0 bridgehead atoms. The van der Waals surface area contributed by atoms with Gasteiger partial charge in [-0.15, -0.1) is 0 Å². The highest BCUT2D eigenvalue weighted by molar-refractivity contribution is 5.53. The molecule has 0 spiro atoms. The van der Waals surface area contributed by atoms with Gasteiger partial charge in [-0.1, -0.05) is 26.0 Å². The number of hydrogen-bond donors (Lipinski definition) is 0. The molecule has 0 aliphatic rings. The molecule has 0 saturated heterocycles. The van der Waals surface area contributed by atoms with Gasteiger partial charge in [-0.05, 0) is 63.3 Å². The summed E-state index contributed by atoms with van der Waals surface area (Å²) in [6.45, 7) is 9.73. The van der Waals surface area contributed by atoms with E-state index < -0.39 is 0 Å². The van der Waals surface area contributed by atoms with Gasteiger partial charge in [0.15, 0.2) is 5.75 Å². The first-order valence-corrected chi connectivity index (χ1v) is 8.15. The second-order valence-electron chi connectivity index (χ2n) is 5.01. The summed E-state index contributed by atoms with van der Waals surface area (Å²) >= 11 is 0. The predicted molar refractivity (Wildman–Crippen MR) is 89.4 cm³/mol. The topological polar surface area (TPSA) is 30.8 Å². The Morgan fingerprint density at radius 3 is 2.43 bits per heavy atom. The van der Waals surface area contributed by atoms with Crippen molar-refractivity contribution >= 4 is 6.21 Å². The lowest BCUT2D eigenvalue weighted by Crippen LogP contribution is -2.05. The van der Waals surface area contributed by atoms with Gasteiger partial charge in [0.25, 0.3) is 0 Å². The van der Waals surface area contributed by atoms with Crippen molar-refractivity contribution < 1.29 is 9.78 Å². The minimum absolute atomic E-state index is 0.560. The van der Waals surface area contributed by atoms with Crippen molar-refractivity contribution in [3.63, 3.8) is 0 Å². The molecule has 0 N–H and O–H groups in total. The highest BCUT2D eigenvalue weighted by Crippen LogP contribution is 2.30. The van der Waals surface area contributed by atoms with Crippen LogP contribution in [-0.4, -0.2) is 19.4 Å². The number of aryl methyl sites for hydroxylation is 2. The van der Waals surface area contributed by atoms with Crippen LogP contribution in [0, 0.1) is 0 Å². The average Bonchev–Trinajstić information content (AvgIpc) is 2.52. The van der Waals surface area contributed by atoms with Crippen LogP contribution in [0.15, 0.2) is 17.1 Å². The smallest absolute Gasteiger partial charge is 0.172 e. The molecule has 0 saturated carbocycles. The van der Waals surface area contributed by atoms with Gasteiger partial charge in [-0.25, -0.2) is 0 Å². The van der Waals surface area contributed by atoms with Crippen molar-refractivity contribution in [1.29, 1.82) is 0 Å². The van der Waals surface area contributed by atoms with Crippen molar-refractivity contribution in [3.8, 4) is 5.75 Å². The molecule has 3 nitrogen and oxygen atoms in total. The van der Waals surface area contributed by atoms with Crippen molar-refractivity contribution in [2.75, 3.05) is 13.2 Å². The van der Waals surface area contributed by atoms with Gasteiger partial charge in [0.2, 0.25) is 0 Å². The van der Waals surface area contributed by atoms with Gasteiger partial charge in [0.05, 0.1) is 6.61 Å². The summed E-state index contributed by atoms with van der Waals surface area (Å²) < 4.78 is 0. The Morgan fingerprint density at radius 2 is 1.81 bits per heavy atom. The molecule has 0 atom stereocenters. The Labute approximate surface area is 129 Å². The SMILES string of the molecule is CC=NCCCCc1ccc(CC)c(CC)c1OOCC. The Bertz CT molecular complexity index is 441. The third-order valence-corrected chi connectivity index (χ3v) is 3.60. The molecular weight excluding hydrogens is 262 g/mol. The van der Waals surface area contributed by atoms with Gasteiger partial charge in [-0.2, -0.15) is 4.89 Å². The lowest BCUT2D eigenvalue weighted by Gasteiger charge is -2.16. The van der Waals surface area contributed by atoms with Crippen molar-refractivity contribution in [2.45, 2.75) is 59.8 Å². The lowest BCUT2D eigenvalue weighted by molar-refractivity contribution is -0.203. The number of rotatable bonds is 10. The van der Waals surface area contributed by atoms with Gasteiger partial charge in [0, 0.05) is 12.1 Å². The fraction of sp³-hybridized carbons (Fsp3) is 0.611. The summed E-state index contributed by atoms with van der Waals surface area (Å²) in [5.41, 5.74) is 3.89. The molecule has 0 fully saturated rings. The quantitative estimate of drug-likeness (QED) is 0.274. The minimum atomic E-state index is 0.560. The van der Waals surface area contributed by atoms with E-state index in [0.717, 1.165) is 44.4 Å². The van der Waals surface area contributed by atoms with Crippen LogP contribution >= 0.6 is 0 Å². The largest absolute Gasteiger partial charge is 0.337 e. The van der Waals surface area contributed by atoms with Crippen molar-refractivity contribution in [1.82, 2.24) is 0 Å². The standard InChI is InChI=1S/C18H29NO2/c1-5-15-12-13-16(11-9-10-14-19-7-3)18(17(15)6-2)21-20-8-4/h7,12-13H,5-6,8-11,14H2,1-4H3. The van der Waals surface area contributed by atoms with Gasteiger partial charge < -0.3 is 4.89 Å². The summed E-state index contributed by atoms with van der Waals surface area (Å²) in [4.78, 5) is 15.1. The second-order valence-corrected chi connectivity index (χ2v) is 5.01. The molecule has 0 amide bonds. The maximum atomic E-state index is 5.60. The van der Waals surface area contributed by atoms with Crippen LogP contribution in [0.1, 0.15) is 57.2 Å². The van der Waals surface area contributed by atoms with Crippen LogP contribution in [0.5, 0.6) is 5.75 Å². The van der Waals surface area contributed by atoms with E-state index in [0.29, 0.717) is 6.61 Å². The summed E-state index contributed by atoms with van der Waals surface area (Å²) in [7, 11) is 0. The van der Waals surface area contributed by atoms with E-state index in [1.165, 1.54) is 16.7 Å². The monoisotopic (exact) mass is 291 g/mol. The predicted octanol–water partition coefficient (Wildman–Crippen LogP) is 4.56. The highest BCUT2D eigenvalue weighted by Gasteiger charge is 2.13. The molecule has 0 aliphatic carbocycles. The zero-order valence-electron chi connectivity index (χ0n) is 13.9. The normalized spacial score (nSPS) is 11.2. The molecule has 1 aromatic carbocycles. The van der Waals surface area contributed by atoms with Crippen molar-refractivity contribution in [3.05, 3.63) is 28.8 Å². The van der Waals surface area contributed by atoms with Crippen LogP contribution in [-0.2, 0) is 24.2 Å². The zero-order chi connectivity index (χ0) is 15.5. The molecular formula is C18H29NO2. The lowest BCUT2D eigenvalue weighted by atomic mass is 9.96. The van der Waals surface area contributed by atoms with Gasteiger partial charge in [0.1, 0.15) is 0 Å². The number of benzene rings is 1. The Kier molecular flexibility index (Phi) is 8.76. The summed E-state index contributed by atoms with van der Waals surface area (Å²) in [6, 6.07) is 4.42. The van der Waals surface area contributed by atoms with Crippen LogP contribution < -0.4 is 4.89 Å². The second kappa shape index (κ2) is 10.4. The first-order chi connectivity index (χ1) is 10.3. The molecule has 1 rings (SSSR count). The Morgan fingerprint density at radius 1 is 1.05 bits per heavy atom. The van der Waals surface area contributed by atoms with E-state index in [2.05, 4.69) is 31.0 Å². The fourth-order valence-electron chi connectivity index (χ4n) is 2.50. The summed E-state index contributed by atoms with van der Waals surface area (Å²) in [5, 5.41) is 0. The van der Waals surface area contributed by atoms with Crippen LogP contribution in [0.4, 0.5) is 0 Å². The first-order valence-electron chi connectivity index (χ1n) is 8.15. The van der Waals surface area contributed by atoms with Crippen LogP contribution in [0.25, 0.3) is 0 Å². The number of unbranched alkanes of at least 4 members (excludes halogenated alkanes) is 1. The average molecular weight is 291 g/mol. The summed E-state index contributed by atoms with van der Waals surface area (Å²) in [6.07, 6.45) is 7.11. The Balaban J connectivity index is 2.84. The molecule has 21 heavy (non-hydrogen) atoms. The van der Waals surface area contributed by atoms with Gasteiger partial charge >= 0.3 is 0 Å². The van der Waals surface area contributed by atoms with E-state index in [1.807, 2.05) is 20.1 Å². The van der Waals surface area contributed by atoms with Crippen molar-refractivity contribution in [2.24, 2.45) is 4.99 Å². The summed E-state index contributed by atoms with van der Waals surface area (Å²) in [5.74, 6) is 0.942. The third kappa shape index (κ3) is 5.50. The molecule has 0 unspecified atom stereocenters. The number of nitrogens with zero attached hydrogens (tertiary/aromatic N) is 1. The van der Waals surface area contributed by atoms with E-state index in [4.69, 9.17) is 9.78 Å². The molecule has 0 heterocycles. The zero-order valence-corrected chi connectivity index (χ0v) is 13.9. The molecule has 118 valence electrons. The molecule has 1 aromatic rings. The third-order valence-electron chi connectivity index (χ3n) is 3.60.